The third-order valence-electron chi connectivity index (χ3n) is 4.04. The second-order valence-corrected chi connectivity index (χ2v) is 6.77. The molecule has 0 saturated heterocycles. The lowest BCUT2D eigenvalue weighted by atomic mass is 10.2. The molecule has 0 spiro atoms. The van der Waals surface area contributed by atoms with Gasteiger partial charge in [0.15, 0.2) is 11.5 Å². The molecule has 0 saturated carbocycles. The number of nitrogens with one attached hydrogen (secondary N) is 1. The number of aromatic nitrogens is 1. The Bertz CT molecular complexity index is 897. The number of nitrogens with zero attached hydrogens (tertiary/aromatic N) is 1. The van der Waals surface area contributed by atoms with Gasteiger partial charge in [-0.1, -0.05) is 22.0 Å². The largest absolute Gasteiger partial charge is 0.493 e. The summed E-state index contributed by atoms with van der Waals surface area (Å²) in [6.45, 7) is 0.422. The fraction of sp³-hybridized carbons (Fsp3) is 0.250. The van der Waals surface area contributed by atoms with E-state index in [-0.39, 0.29) is 6.61 Å². The van der Waals surface area contributed by atoms with Crippen LogP contribution < -0.4 is 19.5 Å². The van der Waals surface area contributed by atoms with Gasteiger partial charge in [0.25, 0.3) is 0 Å². The summed E-state index contributed by atoms with van der Waals surface area (Å²) < 4.78 is 17.3. The molecule has 0 aliphatic carbocycles. The second-order valence-electron chi connectivity index (χ2n) is 5.86. The van der Waals surface area contributed by atoms with E-state index in [0.29, 0.717) is 23.8 Å². The predicted molar refractivity (Wildman–Crippen MR) is 109 cm³/mol. The van der Waals surface area contributed by atoms with E-state index in [4.69, 9.17) is 14.2 Å². The fourth-order valence-corrected chi connectivity index (χ4v) is 3.05. The number of rotatable bonds is 8. The van der Waals surface area contributed by atoms with E-state index in [2.05, 4.69) is 26.2 Å². The van der Waals surface area contributed by atoms with Crippen molar-refractivity contribution in [2.24, 2.45) is 0 Å². The molecular weight excluding hydrogens is 412 g/mol. The molecule has 2 N–H and O–H groups in total. The Morgan fingerprint density at radius 1 is 1.11 bits per heavy atom. The molecule has 3 aromatic rings. The van der Waals surface area contributed by atoms with Crippen molar-refractivity contribution in [3.8, 4) is 17.2 Å². The SMILES string of the molecule is COc1cccc(OC)c1OCC(O)CNc1ccnc2cc(Br)ccc12. The van der Waals surface area contributed by atoms with Gasteiger partial charge in [0.1, 0.15) is 12.7 Å². The Balaban J connectivity index is 1.64. The van der Waals surface area contributed by atoms with Crippen LogP contribution in [0.15, 0.2) is 53.1 Å². The third-order valence-corrected chi connectivity index (χ3v) is 4.53. The summed E-state index contributed by atoms with van der Waals surface area (Å²) in [6.07, 6.45) is 1.01. The van der Waals surface area contributed by atoms with Crippen LogP contribution >= 0.6 is 15.9 Å². The highest BCUT2D eigenvalue weighted by Crippen LogP contribution is 2.36. The number of benzene rings is 2. The number of hydrogen-bond acceptors (Lipinski definition) is 6. The molecule has 0 aliphatic heterocycles. The number of anilines is 1. The Morgan fingerprint density at radius 2 is 1.85 bits per heavy atom. The monoisotopic (exact) mass is 432 g/mol. The number of methoxy groups -OCH3 is 2. The van der Waals surface area contributed by atoms with Crippen LogP contribution in [-0.2, 0) is 0 Å². The zero-order valence-corrected chi connectivity index (χ0v) is 16.7. The average molecular weight is 433 g/mol. The molecule has 1 heterocycles. The summed E-state index contributed by atoms with van der Waals surface area (Å²) in [5.74, 6) is 1.58. The van der Waals surface area contributed by atoms with Crippen molar-refractivity contribution in [1.82, 2.24) is 4.98 Å². The number of fused-ring (bicyclic) bond motifs is 1. The molecule has 0 amide bonds. The van der Waals surface area contributed by atoms with Crippen LogP contribution in [0.3, 0.4) is 0 Å². The van der Waals surface area contributed by atoms with Crippen molar-refractivity contribution in [2.45, 2.75) is 6.10 Å². The molecule has 1 atom stereocenters. The first kappa shape index (κ1) is 19.3. The van der Waals surface area contributed by atoms with Gasteiger partial charge in [-0.3, -0.25) is 4.98 Å². The molecule has 7 heteroatoms. The number of aliphatic hydroxyl groups is 1. The minimum atomic E-state index is -0.724. The summed E-state index contributed by atoms with van der Waals surface area (Å²) in [4.78, 5) is 4.36. The molecule has 1 aromatic heterocycles. The van der Waals surface area contributed by atoms with Crippen LogP contribution in [0.5, 0.6) is 17.2 Å². The van der Waals surface area contributed by atoms with Crippen molar-refractivity contribution in [2.75, 3.05) is 32.7 Å². The first-order valence-electron chi connectivity index (χ1n) is 8.42. The van der Waals surface area contributed by atoms with Crippen molar-refractivity contribution in [3.63, 3.8) is 0 Å². The van der Waals surface area contributed by atoms with Crippen LogP contribution in [0.25, 0.3) is 10.9 Å². The number of halogens is 1. The van der Waals surface area contributed by atoms with Gasteiger partial charge in [0.2, 0.25) is 5.75 Å². The summed E-state index contributed by atoms with van der Waals surface area (Å²) in [5, 5.41) is 14.6. The molecule has 6 nitrogen and oxygen atoms in total. The summed E-state index contributed by atoms with van der Waals surface area (Å²) in [5.41, 5.74) is 1.78. The lowest BCUT2D eigenvalue weighted by Crippen LogP contribution is -2.26. The standard InChI is InChI=1S/C20H21BrN2O4/c1-25-18-4-3-5-19(26-2)20(18)27-12-14(24)11-23-16-8-9-22-17-10-13(21)6-7-15(16)17/h3-10,14,24H,11-12H2,1-2H3,(H,22,23). The van der Waals surface area contributed by atoms with Gasteiger partial charge in [-0.25, -0.2) is 0 Å². The topological polar surface area (TPSA) is 72.8 Å². The van der Waals surface area contributed by atoms with Gasteiger partial charge in [-0.2, -0.15) is 0 Å². The minimum Gasteiger partial charge on any atom is -0.493 e. The highest BCUT2D eigenvalue weighted by atomic mass is 79.9. The molecular formula is C20H21BrN2O4. The Kier molecular flexibility index (Phi) is 6.36. The lowest BCUT2D eigenvalue weighted by molar-refractivity contribution is 0.113. The second kappa shape index (κ2) is 8.92. The first-order chi connectivity index (χ1) is 13.1. The summed E-state index contributed by atoms with van der Waals surface area (Å²) >= 11 is 3.45. The number of ether oxygens (including phenoxy) is 3. The smallest absolute Gasteiger partial charge is 0.203 e. The van der Waals surface area contributed by atoms with Crippen LogP contribution in [0.1, 0.15) is 0 Å². The number of hydrogen-bond donors (Lipinski definition) is 2. The molecule has 2 aromatic carbocycles. The van der Waals surface area contributed by atoms with E-state index < -0.39 is 6.10 Å². The van der Waals surface area contributed by atoms with E-state index in [0.717, 1.165) is 21.1 Å². The van der Waals surface area contributed by atoms with Crippen LogP contribution in [0, 0.1) is 0 Å². The van der Waals surface area contributed by atoms with Crippen molar-refractivity contribution >= 4 is 32.5 Å². The maximum atomic E-state index is 10.3. The molecule has 0 fully saturated rings. The number of pyridine rings is 1. The minimum absolute atomic E-state index is 0.0955. The van der Waals surface area contributed by atoms with Crippen molar-refractivity contribution in [3.05, 3.63) is 53.1 Å². The maximum Gasteiger partial charge on any atom is 0.203 e. The first-order valence-corrected chi connectivity index (χ1v) is 9.21. The van der Waals surface area contributed by atoms with Crippen molar-refractivity contribution < 1.29 is 19.3 Å². The van der Waals surface area contributed by atoms with E-state index >= 15 is 0 Å². The molecule has 142 valence electrons. The third kappa shape index (κ3) is 4.61. The van der Waals surface area contributed by atoms with Crippen LogP contribution in [0.4, 0.5) is 5.69 Å². The average Bonchev–Trinajstić information content (AvgIpc) is 2.69. The van der Waals surface area contributed by atoms with Gasteiger partial charge in [-0.15, -0.1) is 0 Å². The summed E-state index contributed by atoms with van der Waals surface area (Å²) in [6, 6.07) is 13.2. The van der Waals surface area contributed by atoms with E-state index in [1.165, 1.54) is 0 Å². The van der Waals surface area contributed by atoms with Crippen LogP contribution in [0.2, 0.25) is 0 Å². The highest BCUT2D eigenvalue weighted by Gasteiger charge is 2.14. The Hall–Kier alpha value is -2.51. The molecule has 27 heavy (non-hydrogen) atoms. The van der Waals surface area contributed by atoms with E-state index in [1.807, 2.05) is 30.3 Å². The maximum absolute atomic E-state index is 10.3. The molecule has 0 aliphatic rings. The molecule has 3 rings (SSSR count). The number of para-hydroxylation sites is 1. The van der Waals surface area contributed by atoms with Gasteiger partial charge >= 0.3 is 0 Å². The zero-order chi connectivity index (χ0) is 19.2. The lowest BCUT2D eigenvalue weighted by Gasteiger charge is -2.18. The zero-order valence-electron chi connectivity index (χ0n) is 15.1. The number of aliphatic hydroxyl groups excluding tert-OH is 1. The normalized spacial score (nSPS) is 11.9. The molecule has 0 bridgehead atoms. The van der Waals surface area contributed by atoms with Gasteiger partial charge in [0, 0.05) is 28.3 Å². The van der Waals surface area contributed by atoms with Gasteiger partial charge < -0.3 is 24.6 Å². The highest BCUT2D eigenvalue weighted by molar-refractivity contribution is 9.10. The molecule has 1 unspecified atom stereocenters. The molecule has 0 radical (unpaired) electrons. The van der Waals surface area contributed by atoms with Gasteiger partial charge in [0.05, 0.1) is 19.7 Å². The van der Waals surface area contributed by atoms with Crippen molar-refractivity contribution in [1.29, 1.82) is 0 Å². The summed E-state index contributed by atoms with van der Waals surface area (Å²) in [7, 11) is 3.12. The van der Waals surface area contributed by atoms with E-state index in [9.17, 15) is 5.11 Å². The fourth-order valence-electron chi connectivity index (χ4n) is 2.70. The Labute approximate surface area is 166 Å². The van der Waals surface area contributed by atoms with Crippen LogP contribution in [-0.4, -0.2) is 43.6 Å². The quantitative estimate of drug-likeness (QED) is 0.562. The van der Waals surface area contributed by atoms with Gasteiger partial charge in [-0.05, 0) is 36.4 Å². The predicted octanol–water partition coefficient (Wildman–Crippen LogP) is 3.87. The Morgan fingerprint density at radius 3 is 2.56 bits per heavy atom. The van der Waals surface area contributed by atoms with E-state index in [1.54, 1.807) is 32.5 Å².